The fourth-order valence-corrected chi connectivity index (χ4v) is 2.74. The summed E-state index contributed by atoms with van der Waals surface area (Å²) in [7, 11) is 2.79. The average molecular weight is 448 g/mol. The summed E-state index contributed by atoms with van der Waals surface area (Å²) in [6, 6.07) is 8.57. The van der Waals surface area contributed by atoms with E-state index >= 15 is 0 Å². The number of hydrogen-bond acceptors (Lipinski definition) is 8. The highest BCUT2D eigenvalue weighted by molar-refractivity contribution is 6.12. The van der Waals surface area contributed by atoms with Crippen LogP contribution in [0, 0.1) is 0 Å². The molecule has 2 aromatic rings. The molecule has 1 aliphatic rings. The van der Waals surface area contributed by atoms with Crippen molar-refractivity contribution in [3.8, 4) is 23.0 Å². The standard InChI is InChI=1S/C21H18F2N2O7/c1-28-15-8-11(9-16(29-2)18(15)30-10-17(24)26)7-14-20(27)32-19(25-14)12-3-5-13(6-4-12)31-21(22)23/h3-9,21H,10H2,1-2H3,(H2,24,26). The fourth-order valence-electron chi connectivity index (χ4n) is 2.74. The van der Waals surface area contributed by atoms with E-state index in [1.165, 1.54) is 44.6 Å². The lowest BCUT2D eigenvalue weighted by Crippen LogP contribution is -2.20. The second kappa shape index (κ2) is 9.77. The molecule has 9 nitrogen and oxygen atoms in total. The van der Waals surface area contributed by atoms with Crippen LogP contribution in [0.25, 0.3) is 6.08 Å². The first kappa shape index (κ1) is 22.5. The van der Waals surface area contributed by atoms with Gasteiger partial charge in [0.25, 0.3) is 5.91 Å². The van der Waals surface area contributed by atoms with Gasteiger partial charge in [-0.25, -0.2) is 9.79 Å². The van der Waals surface area contributed by atoms with Gasteiger partial charge in [0, 0.05) is 5.56 Å². The summed E-state index contributed by atoms with van der Waals surface area (Å²) in [5.41, 5.74) is 5.97. The van der Waals surface area contributed by atoms with Crippen molar-refractivity contribution >= 4 is 23.9 Å². The van der Waals surface area contributed by atoms with E-state index in [2.05, 4.69) is 9.73 Å². The average Bonchev–Trinajstić information content (AvgIpc) is 3.12. The first-order chi connectivity index (χ1) is 15.3. The second-order valence-corrected chi connectivity index (χ2v) is 6.25. The van der Waals surface area contributed by atoms with Crippen molar-refractivity contribution in [2.45, 2.75) is 6.61 Å². The Bertz CT molecular complexity index is 1060. The molecule has 168 valence electrons. The molecule has 2 N–H and O–H groups in total. The number of methoxy groups -OCH3 is 2. The molecule has 1 aliphatic heterocycles. The lowest BCUT2D eigenvalue weighted by Gasteiger charge is -2.14. The predicted molar refractivity (Wildman–Crippen MR) is 108 cm³/mol. The Morgan fingerprint density at radius 3 is 2.31 bits per heavy atom. The maximum Gasteiger partial charge on any atom is 0.387 e. The van der Waals surface area contributed by atoms with Gasteiger partial charge in [-0.05, 0) is 48.0 Å². The molecule has 0 spiro atoms. The summed E-state index contributed by atoms with van der Waals surface area (Å²) in [5, 5.41) is 0. The minimum Gasteiger partial charge on any atom is -0.493 e. The van der Waals surface area contributed by atoms with E-state index in [1.807, 2.05) is 0 Å². The Hall–Kier alpha value is -4.15. The Morgan fingerprint density at radius 2 is 1.78 bits per heavy atom. The Morgan fingerprint density at radius 1 is 1.16 bits per heavy atom. The largest absolute Gasteiger partial charge is 0.493 e. The molecule has 3 rings (SSSR count). The molecule has 1 amide bonds. The van der Waals surface area contributed by atoms with Crippen LogP contribution < -0.4 is 24.7 Å². The van der Waals surface area contributed by atoms with Gasteiger partial charge in [0.1, 0.15) is 5.75 Å². The molecule has 0 aliphatic carbocycles. The number of carbonyl (C=O) groups excluding carboxylic acids is 2. The zero-order valence-corrected chi connectivity index (χ0v) is 17.0. The van der Waals surface area contributed by atoms with E-state index in [1.54, 1.807) is 12.1 Å². The maximum atomic E-state index is 12.3. The van der Waals surface area contributed by atoms with Crippen molar-refractivity contribution in [1.82, 2.24) is 0 Å². The predicted octanol–water partition coefficient (Wildman–Crippen LogP) is 2.51. The maximum absolute atomic E-state index is 12.3. The number of ether oxygens (including phenoxy) is 5. The minimum atomic E-state index is -2.95. The van der Waals surface area contributed by atoms with Crippen LogP contribution in [-0.4, -0.2) is 45.2 Å². The first-order valence-corrected chi connectivity index (χ1v) is 9.05. The van der Waals surface area contributed by atoms with E-state index in [-0.39, 0.29) is 41.2 Å². The van der Waals surface area contributed by atoms with Crippen LogP contribution in [0.5, 0.6) is 23.0 Å². The van der Waals surface area contributed by atoms with Crippen LogP contribution in [0.3, 0.4) is 0 Å². The molecule has 0 atom stereocenters. The van der Waals surface area contributed by atoms with Crippen molar-refractivity contribution in [3.05, 3.63) is 53.2 Å². The number of primary amides is 1. The van der Waals surface area contributed by atoms with Gasteiger partial charge in [0.15, 0.2) is 23.8 Å². The Balaban J connectivity index is 1.89. The zero-order valence-electron chi connectivity index (χ0n) is 17.0. The molecule has 2 aromatic carbocycles. The van der Waals surface area contributed by atoms with Crippen molar-refractivity contribution in [2.75, 3.05) is 20.8 Å². The topological polar surface area (TPSA) is 119 Å². The first-order valence-electron chi connectivity index (χ1n) is 9.05. The van der Waals surface area contributed by atoms with Crippen LogP contribution in [0.4, 0.5) is 8.78 Å². The highest BCUT2D eigenvalue weighted by Crippen LogP contribution is 2.39. The summed E-state index contributed by atoms with van der Waals surface area (Å²) in [5.74, 6) is -0.775. The molecule has 0 saturated carbocycles. The van der Waals surface area contributed by atoms with E-state index in [0.717, 1.165) is 0 Å². The third-order valence-electron chi connectivity index (χ3n) is 4.09. The number of amides is 1. The summed E-state index contributed by atoms with van der Waals surface area (Å²) in [6.07, 6.45) is 1.44. The molecule has 0 saturated heterocycles. The van der Waals surface area contributed by atoms with Gasteiger partial charge in [0.05, 0.1) is 14.2 Å². The number of esters is 1. The molecule has 1 heterocycles. The molecule has 0 bridgehead atoms. The molecule has 0 radical (unpaired) electrons. The Kier molecular flexibility index (Phi) is 6.88. The van der Waals surface area contributed by atoms with Crippen LogP contribution in [-0.2, 0) is 14.3 Å². The minimum absolute atomic E-state index is 0.00480. The molecular formula is C21H18F2N2O7. The number of cyclic esters (lactones) is 1. The van der Waals surface area contributed by atoms with Gasteiger partial charge >= 0.3 is 12.6 Å². The second-order valence-electron chi connectivity index (χ2n) is 6.25. The Labute approximate surface area is 181 Å². The van der Waals surface area contributed by atoms with Gasteiger partial charge in [-0.2, -0.15) is 8.78 Å². The molecule has 0 fully saturated rings. The third kappa shape index (κ3) is 5.31. The number of carbonyl (C=O) groups is 2. The smallest absolute Gasteiger partial charge is 0.387 e. The van der Waals surface area contributed by atoms with E-state index < -0.39 is 18.5 Å². The summed E-state index contributed by atoms with van der Waals surface area (Å²) in [6.45, 7) is -3.33. The summed E-state index contributed by atoms with van der Waals surface area (Å²) >= 11 is 0. The number of rotatable bonds is 9. The summed E-state index contributed by atoms with van der Waals surface area (Å²) < 4.78 is 49.9. The third-order valence-corrected chi connectivity index (χ3v) is 4.09. The summed E-state index contributed by atoms with van der Waals surface area (Å²) in [4.78, 5) is 27.4. The van der Waals surface area contributed by atoms with Crippen LogP contribution in [0.15, 0.2) is 47.1 Å². The quantitative estimate of drug-likeness (QED) is 0.463. The van der Waals surface area contributed by atoms with Crippen molar-refractivity contribution in [1.29, 1.82) is 0 Å². The van der Waals surface area contributed by atoms with Crippen molar-refractivity contribution < 1.29 is 42.1 Å². The number of alkyl halides is 2. The monoisotopic (exact) mass is 448 g/mol. The fraction of sp³-hybridized carbons (Fsp3) is 0.190. The highest BCUT2D eigenvalue weighted by Gasteiger charge is 2.25. The lowest BCUT2D eigenvalue weighted by atomic mass is 10.1. The van der Waals surface area contributed by atoms with Crippen molar-refractivity contribution in [2.24, 2.45) is 10.7 Å². The van der Waals surface area contributed by atoms with Crippen molar-refractivity contribution in [3.63, 3.8) is 0 Å². The number of hydrogen-bond donors (Lipinski definition) is 1. The van der Waals surface area contributed by atoms with Crippen LogP contribution in [0.1, 0.15) is 11.1 Å². The number of benzene rings is 2. The molecule has 0 unspecified atom stereocenters. The van der Waals surface area contributed by atoms with Gasteiger partial charge in [-0.1, -0.05) is 0 Å². The molecule has 32 heavy (non-hydrogen) atoms. The number of aliphatic imine (C=N–C) groups is 1. The SMILES string of the molecule is COc1cc(C=C2N=C(c3ccc(OC(F)F)cc3)OC2=O)cc(OC)c1OCC(N)=O. The molecular weight excluding hydrogens is 430 g/mol. The van der Waals surface area contributed by atoms with E-state index in [4.69, 9.17) is 24.7 Å². The van der Waals surface area contributed by atoms with Gasteiger partial charge in [0.2, 0.25) is 11.6 Å². The lowest BCUT2D eigenvalue weighted by molar-refractivity contribution is -0.130. The van der Waals surface area contributed by atoms with Gasteiger partial charge in [-0.3, -0.25) is 4.79 Å². The normalized spacial score (nSPS) is 14.2. The number of nitrogens with two attached hydrogens (primary N) is 1. The van der Waals surface area contributed by atoms with Crippen LogP contribution in [0.2, 0.25) is 0 Å². The zero-order chi connectivity index (χ0) is 23.3. The number of halogens is 2. The highest BCUT2D eigenvalue weighted by atomic mass is 19.3. The van der Waals surface area contributed by atoms with Gasteiger partial charge < -0.3 is 29.4 Å². The van der Waals surface area contributed by atoms with Gasteiger partial charge in [-0.15, -0.1) is 0 Å². The molecule has 11 heteroatoms. The number of nitrogens with zero attached hydrogens (tertiary/aromatic N) is 1. The molecule has 0 aromatic heterocycles. The van der Waals surface area contributed by atoms with E-state index in [0.29, 0.717) is 11.1 Å². The van der Waals surface area contributed by atoms with Crippen LogP contribution >= 0.6 is 0 Å². The van der Waals surface area contributed by atoms with E-state index in [9.17, 15) is 18.4 Å².